The molecule has 6 nitrogen and oxygen atoms in total. The molecule has 96 valence electrons. The summed E-state index contributed by atoms with van der Waals surface area (Å²) in [6.45, 7) is 0.653. The first kappa shape index (κ1) is 12.3. The van der Waals surface area contributed by atoms with Gasteiger partial charge in [0.05, 0.1) is 4.92 Å². The highest BCUT2D eigenvalue weighted by Crippen LogP contribution is 2.27. The summed E-state index contributed by atoms with van der Waals surface area (Å²) in [5, 5.41) is 10.8. The van der Waals surface area contributed by atoms with Crippen LogP contribution in [0.15, 0.2) is 18.2 Å². The first-order chi connectivity index (χ1) is 8.47. The summed E-state index contributed by atoms with van der Waals surface area (Å²) in [5.41, 5.74) is 5.42. The van der Waals surface area contributed by atoms with Crippen molar-refractivity contribution in [3.8, 4) is 0 Å². The fraction of sp³-hybridized carbons (Fsp3) is 0.364. The molecule has 0 spiro atoms. The third kappa shape index (κ3) is 2.39. The number of benzene rings is 1. The van der Waals surface area contributed by atoms with Gasteiger partial charge in [0, 0.05) is 36.5 Å². The molecule has 0 aliphatic carbocycles. The van der Waals surface area contributed by atoms with Gasteiger partial charge < -0.3 is 10.6 Å². The van der Waals surface area contributed by atoms with Crippen molar-refractivity contribution in [2.75, 3.05) is 18.0 Å². The predicted octanol–water partition coefficient (Wildman–Crippen LogP) is 1.24. The van der Waals surface area contributed by atoms with Crippen LogP contribution in [0.25, 0.3) is 0 Å². The SMILES string of the molecule is NC(=O)c1cc(N2CCC(F)C2)cc([N+](=O)[O-])c1. The molecule has 0 saturated carbocycles. The molecule has 1 aliphatic rings. The summed E-state index contributed by atoms with van der Waals surface area (Å²) < 4.78 is 13.1. The summed E-state index contributed by atoms with van der Waals surface area (Å²) in [4.78, 5) is 23.0. The minimum absolute atomic E-state index is 0.0570. The van der Waals surface area contributed by atoms with Crippen LogP contribution in [-0.4, -0.2) is 30.1 Å². The van der Waals surface area contributed by atoms with Crippen molar-refractivity contribution >= 4 is 17.3 Å². The normalized spacial score (nSPS) is 18.9. The lowest BCUT2D eigenvalue weighted by molar-refractivity contribution is -0.384. The van der Waals surface area contributed by atoms with Gasteiger partial charge in [-0.15, -0.1) is 0 Å². The van der Waals surface area contributed by atoms with Crippen molar-refractivity contribution in [1.82, 2.24) is 0 Å². The van der Waals surface area contributed by atoms with Crippen LogP contribution >= 0.6 is 0 Å². The number of nitro benzene ring substituents is 1. The molecular weight excluding hydrogens is 241 g/mol. The van der Waals surface area contributed by atoms with E-state index in [4.69, 9.17) is 5.73 Å². The number of nitro groups is 1. The highest BCUT2D eigenvalue weighted by Gasteiger charge is 2.24. The number of anilines is 1. The molecule has 1 aromatic rings. The van der Waals surface area contributed by atoms with E-state index >= 15 is 0 Å². The van der Waals surface area contributed by atoms with Crippen LogP contribution in [0.4, 0.5) is 15.8 Å². The zero-order valence-electron chi connectivity index (χ0n) is 9.51. The average molecular weight is 253 g/mol. The van der Waals surface area contributed by atoms with Crippen molar-refractivity contribution in [2.45, 2.75) is 12.6 Å². The molecule has 1 aromatic carbocycles. The molecule has 1 fully saturated rings. The topological polar surface area (TPSA) is 89.5 Å². The maximum absolute atomic E-state index is 13.1. The van der Waals surface area contributed by atoms with Gasteiger partial charge in [-0.3, -0.25) is 14.9 Å². The Morgan fingerprint density at radius 3 is 2.72 bits per heavy atom. The van der Waals surface area contributed by atoms with Gasteiger partial charge in [0.1, 0.15) is 6.17 Å². The minimum atomic E-state index is -0.943. The number of rotatable bonds is 3. The van der Waals surface area contributed by atoms with Gasteiger partial charge in [0.15, 0.2) is 0 Å². The number of halogens is 1. The van der Waals surface area contributed by atoms with Crippen LogP contribution in [0, 0.1) is 10.1 Å². The molecule has 1 amide bonds. The molecular formula is C11H12FN3O3. The molecule has 1 aliphatic heterocycles. The number of non-ortho nitro benzene ring substituents is 1. The van der Waals surface area contributed by atoms with Crippen LogP contribution in [0.1, 0.15) is 16.8 Å². The number of nitrogens with two attached hydrogens (primary N) is 1. The van der Waals surface area contributed by atoms with Gasteiger partial charge in [-0.05, 0) is 12.5 Å². The molecule has 2 rings (SSSR count). The fourth-order valence-electron chi connectivity index (χ4n) is 1.98. The molecule has 0 bridgehead atoms. The quantitative estimate of drug-likeness (QED) is 0.648. The Balaban J connectivity index is 2.40. The maximum atomic E-state index is 13.1. The lowest BCUT2D eigenvalue weighted by Crippen LogP contribution is -2.21. The van der Waals surface area contributed by atoms with Crippen LogP contribution in [0.5, 0.6) is 0 Å². The summed E-state index contributed by atoms with van der Waals surface area (Å²) in [6, 6.07) is 3.90. The number of nitrogens with zero attached hydrogens (tertiary/aromatic N) is 2. The molecule has 18 heavy (non-hydrogen) atoms. The van der Waals surface area contributed by atoms with Crippen LogP contribution < -0.4 is 10.6 Å². The van der Waals surface area contributed by atoms with E-state index in [2.05, 4.69) is 0 Å². The number of carbonyl (C=O) groups excluding carboxylic acids is 1. The molecule has 1 heterocycles. The molecule has 1 saturated heterocycles. The Bertz CT molecular complexity index is 474. The Morgan fingerprint density at radius 2 is 2.22 bits per heavy atom. The smallest absolute Gasteiger partial charge is 0.272 e. The Kier molecular flexibility index (Phi) is 3.14. The van der Waals surface area contributed by atoms with Crippen LogP contribution in [0.2, 0.25) is 0 Å². The van der Waals surface area contributed by atoms with E-state index in [9.17, 15) is 19.3 Å². The van der Waals surface area contributed by atoms with E-state index in [-0.39, 0.29) is 17.8 Å². The lowest BCUT2D eigenvalue weighted by Gasteiger charge is -2.17. The van der Waals surface area contributed by atoms with Crippen molar-refractivity contribution in [2.24, 2.45) is 5.73 Å². The van der Waals surface area contributed by atoms with E-state index in [0.29, 0.717) is 18.7 Å². The van der Waals surface area contributed by atoms with Crippen LogP contribution in [-0.2, 0) is 0 Å². The van der Waals surface area contributed by atoms with E-state index in [1.807, 2.05) is 0 Å². The second-order valence-corrected chi connectivity index (χ2v) is 4.19. The van der Waals surface area contributed by atoms with Gasteiger partial charge in [-0.1, -0.05) is 0 Å². The lowest BCUT2D eigenvalue weighted by atomic mass is 10.1. The Morgan fingerprint density at radius 1 is 1.50 bits per heavy atom. The van der Waals surface area contributed by atoms with E-state index in [1.54, 1.807) is 4.90 Å². The average Bonchev–Trinajstić information content (AvgIpc) is 2.75. The number of hydrogen-bond donors (Lipinski definition) is 1. The van der Waals surface area contributed by atoms with Gasteiger partial charge in [0.2, 0.25) is 5.91 Å². The van der Waals surface area contributed by atoms with Crippen LogP contribution in [0.3, 0.4) is 0 Å². The van der Waals surface area contributed by atoms with Crippen molar-refractivity contribution < 1.29 is 14.1 Å². The number of hydrogen-bond acceptors (Lipinski definition) is 4. The largest absolute Gasteiger partial charge is 0.368 e. The van der Waals surface area contributed by atoms with E-state index < -0.39 is 17.0 Å². The highest BCUT2D eigenvalue weighted by molar-refractivity contribution is 5.94. The first-order valence-corrected chi connectivity index (χ1v) is 5.45. The van der Waals surface area contributed by atoms with Gasteiger partial charge in [-0.2, -0.15) is 0 Å². The second kappa shape index (κ2) is 4.59. The highest BCUT2D eigenvalue weighted by atomic mass is 19.1. The van der Waals surface area contributed by atoms with Crippen molar-refractivity contribution in [3.05, 3.63) is 33.9 Å². The number of primary amides is 1. The van der Waals surface area contributed by atoms with Gasteiger partial charge >= 0.3 is 0 Å². The molecule has 1 unspecified atom stereocenters. The summed E-state index contributed by atoms with van der Waals surface area (Å²) in [5.74, 6) is -0.740. The van der Waals surface area contributed by atoms with E-state index in [1.165, 1.54) is 12.1 Å². The Labute approximate surface area is 102 Å². The van der Waals surface area contributed by atoms with E-state index in [0.717, 1.165) is 6.07 Å². The zero-order valence-corrected chi connectivity index (χ0v) is 9.51. The zero-order chi connectivity index (χ0) is 13.3. The molecule has 1 atom stereocenters. The summed E-state index contributed by atoms with van der Waals surface area (Å²) in [6.07, 6.45) is -0.560. The molecule has 0 aromatic heterocycles. The van der Waals surface area contributed by atoms with Gasteiger partial charge in [-0.25, -0.2) is 4.39 Å². The molecule has 7 heteroatoms. The molecule has 2 N–H and O–H groups in total. The second-order valence-electron chi connectivity index (χ2n) is 4.19. The number of alkyl halides is 1. The number of amides is 1. The standard InChI is InChI=1S/C11H12FN3O3/c12-8-1-2-14(6-8)9-3-7(11(13)16)4-10(5-9)15(17)18/h3-5,8H,1-2,6H2,(H2,13,16). The fourth-order valence-corrected chi connectivity index (χ4v) is 1.98. The summed E-state index contributed by atoms with van der Waals surface area (Å²) in [7, 11) is 0. The molecule has 0 radical (unpaired) electrons. The van der Waals surface area contributed by atoms with Crippen molar-refractivity contribution in [3.63, 3.8) is 0 Å². The minimum Gasteiger partial charge on any atom is -0.368 e. The summed E-state index contributed by atoms with van der Waals surface area (Å²) >= 11 is 0. The third-order valence-corrected chi connectivity index (χ3v) is 2.89. The predicted molar refractivity (Wildman–Crippen MR) is 63.3 cm³/mol. The Hall–Kier alpha value is -2.18. The first-order valence-electron chi connectivity index (χ1n) is 5.45. The third-order valence-electron chi connectivity index (χ3n) is 2.89. The van der Waals surface area contributed by atoms with Crippen molar-refractivity contribution in [1.29, 1.82) is 0 Å². The van der Waals surface area contributed by atoms with Gasteiger partial charge in [0.25, 0.3) is 5.69 Å². The maximum Gasteiger partial charge on any atom is 0.272 e. The monoisotopic (exact) mass is 253 g/mol. The number of carbonyl (C=O) groups is 1.